The first kappa shape index (κ1) is 23.9. The molecule has 0 aliphatic carbocycles. The van der Waals surface area contributed by atoms with Gasteiger partial charge in [-0.25, -0.2) is 9.78 Å². The van der Waals surface area contributed by atoms with Crippen molar-refractivity contribution in [1.29, 1.82) is 0 Å². The zero-order valence-electron chi connectivity index (χ0n) is 20.9. The van der Waals surface area contributed by atoms with Gasteiger partial charge < -0.3 is 24.8 Å². The highest BCUT2D eigenvalue weighted by Crippen LogP contribution is 2.25. The number of rotatable bonds is 8. The van der Waals surface area contributed by atoms with E-state index in [9.17, 15) is 4.79 Å². The van der Waals surface area contributed by atoms with E-state index in [2.05, 4.69) is 33.9 Å². The molecule has 0 bridgehead atoms. The molecule has 1 atom stereocenters. The summed E-state index contributed by atoms with van der Waals surface area (Å²) >= 11 is 0. The monoisotopic (exact) mass is 483 g/mol. The van der Waals surface area contributed by atoms with Crippen molar-refractivity contribution in [2.45, 2.75) is 45.7 Å². The maximum atomic E-state index is 12.6. The van der Waals surface area contributed by atoms with Crippen molar-refractivity contribution in [1.82, 2.24) is 14.5 Å². The second kappa shape index (κ2) is 10.8. The van der Waals surface area contributed by atoms with Crippen LogP contribution in [0, 0.1) is 6.92 Å². The Labute approximate surface area is 212 Å². The maximum absolute atomic E-state index is 12.6. The lowest BCUT2D eigenvalue weighted by molar-refractivity contribution is 0.248. The number of hydrogen-bond donors (Lipinski definition) is 2. The minimum atomic E-state index is -0.303. The molecule has 1 aromatic heterocycles. The lowest BCUT2D eigenvalue weighted by atomic mass is 10.1. The summed E-state index contributed by atoms with van der Waals surface area (Å²) in [5, 5.41) is 5.79. The highest BCUT2D eigenvalue weighted by Gasteiger charge is 2.23. The predicted octanol–water partition coefficient (Wildman–Crippen LogP) is 6.66. The van der Waals surface area contributed by atoms with Crippen LogP contribution in [0.5, 0.6) is 11.5 Å². The quantitative estimate of drug-likeness (QED) is 0.294. The van der Waals surface area contributed by atoms with Gasteiger partial charge in [-0.2, -0.15) is 0 Å². The van der Waals surface area contributed by atoms with E-state index in [0.717, 1.165) is 42.1 Å². The van der Waals surface area contributed by atoms with E-state index in [0.29, 0.717) is 23.2 Å². The average molecular weight is 484 g/mol. The van der Waals surface area contributed by atoms with Gasteiger partial charge in [-0.05, 0) is 93.9 Å². The third kappa shape index (κ3) is 5.52. The molecule has 7 nitrogen and oxygen atoms in total. The van der Waals surface area contributed by atoms with E-state index in [1.807, 2.05) is 72.8 Å². The molecule has 2 amide bonds. The number of nitrogens with one attached hydrogen (secondary N) is 2. The van der Waals surface area contributed by atoms with Gasteiger partial charge >= 0.3 is 6.03 Å². The van der Waals surface area contributed by atoms with Crippen LogP contribution in [0.3, 0.4) is 0 Å². The van der Waals surface area contributed by atoms with Gasteiger partial charge in [-0.1, -0.05) is 25.1 Å². The molecule has 1 aliphatic rings. The average Bonchev–Trinajstić information content (AvgIpc) is 3.47. The highest BCUT2D eigenvalue weighted by atomic mass is 16.5. The molecule has 4 aromatic rings. The van der Waals surface area contributed by atoms with Crippen molar-refractivity contribution in [3.63, 3.8) is 0 Å². The fourth-order valence-corrected chi connectivity index (χ4v) is 5.05. The molecule has 3 aromatic carbocycles. The second-order valence-electron chi connectivity index (χ2n) is 9.25. The number of imidazole rings is 1. The number of benzene rings is 3. The summed E-state index contributed by atoms with van der Waals surface area (Å²) in [5.41, 5.74) is 3.39. The molecule has 2 N–H and O–H groups in total. The number of aromatic nitrogens is 2. The number of urea groups is 1. The topological polar surface area (TPSA) is 71.4 Å². The van der Waals surface area contributed by atoms with Crippen LogP contribution in [-0.2, 0) is 6.54 Å². The molecule has 2 heterocycles. The highest BCUT2D eigenvalue weighted by molar-refractivity contribution is 6.00. The number of ether oxygens (including phenoxy) is 1. The minimum absolute atomic E-state index is 0.303. The van der Waals surface area contributed by atoms with E-state index in [-0.39, 0.29) is 6.03 Å². The molecular formula is C29H33N5O2. The lowest BCUT2D eigenvalue weighted by Gasteiger charge is -2.23. The Morgan fingerprint density at radius 1 is 1.00 bits per heavy atom. The molecular weight excluding hydrogens is 450 g/mol. The molecule has 186 valence electrons. The zero-order chi connectivity index (χ0) is 24.9. The summed E-state index contributed by atoms with van der Waals surface area (Å²) < 4.78 is 8.10. The summed E-state index contributed by atoms with van der Waals surface area (Å²) in [6.07, 6.45) is 3.72. The van der Waals surface area contributed by atoms with Crippen molar-refractivity contribution >= 4 is 28.4 Å². The van der Waals surface area contributed by atoms with Crippen LogP contribution in [0.25, 0.3) is 11.0 Å². The first-order valence-corrected chi connectivity index (χ1v) is 12.7. The normalized spacial score (nSPS) is 15.8. The summed E-state index contributed by atoms with van der Waals surface area (Å²) in [6, 6.07) is 23.2. The van der Waals surface area contributed by atoms with Crippen LogP contribution >= 0.6 is 0 Å². The van der Waals surface area contributed by atoms with Crippen LogP contribution in [0.4, 0.5) is 16.2 Å². The second-order valence-corrected chi connectivity index (χ2v) is 9.25. The Hall–Kier alpha value is -3.84. The summed E-state index contributed by atoms with van der Waals surface area (Å²) in [6.45, 7) is 7.60. The van der Waals surface area contributed by atoms with E-state index in [1.165, 1.54) is 19.4 Å². The Bertz CT molecular complexity index is 1320. The zero-order valence-corrected chi connectivity index (χ0v) is 20.9. The Kier molecular flexibility index (Phi) is 7.18. The van der Waals surface area contributed by atoms with Crippen LogP contribution in [0.1, 0.15) is 32.0 Å². The molecule has 1 saturated heterocycles. The molecule has 0 radical (unpaired) electrons. The largest absolute Gasteiger partial charge is 0.457 e. The first-order chi connectivity index (χ1) is 17.6. The molecule has 0 spiro atoms. The van der Waals surface area contributed by atoms with Crippen LogP contribution in [-0.4, -0.2) is 39.6 Å². The van der Waals surface area contributed by atoms with Crippen LogP contribution in [0.15, 0.2) is 72.8 Å². The summed E-state index contributed by atoms with van der Waals surface area (Å²) in [5.74, 6) is 2.48. The third-order valence-electron chi connectivity index (χ3n) is 6.88. The molecule has 1 aliphatic heterocycles. The van der Waals surface area contributed by atoms with Crippen LogP contribution < -0.4 is 15.4 Å². The number of carbonyl (C=O) groups excluding carboxylic acids is 1. The number of para-hydroxylation sites is 1. The van der Waals surface area contributed by atoms with Crippen molar-refractivity contribution in [3.8, 4) is 11.5 Å². The van der Waals surface area contributed by atoms with Gasteiger partial charge in [0.05, 0.1) is 11.0 Å². The molecule has 0 saturated carbocycles. The summed E-state index contributed by atoms with van der Waals surface area (Å²) in [7, 11) is 0. The number of carbonyl (C=O) groups is 1. The molecule has 36 heavy (non-hydrogen) atoms. The van der Waals surface area contributed by atoms with Gasteiger partial charge in [0.15, 0.2) is 0 Å². The minimum Gasteiger partial charge on any atom is -0.457 e. The van der Waals surface area contributed by atoms with Crippen molar-refractivity contribution in [3.05, 3.63) is 78.6 Å². The van der Waals surface area contributed by atoms with Crippen LogP contribution in [0.2, 0.25) is 0 Å². The Morgan fingerprint density at radius 3 is 2.50 bits per heavy atom. The number of hydrogen-bond acceptors (Lipinski definition) is 4. The smallest absolute Gasteiger partial charge is 0.323 e. The van der Waals surface area contributed by atoms with Gasteiger partial charge in [0.2, 0.25) is 0 Å². The van der Waals surface area contributed by atoms with Crippen molar-refractivity contribution in [2.24, 2.45) is 0 Å². The molecule has 1 unspecified atom stereocenters. The van der Waals surface area contributed by atoms with Gasteiger partial charge in [0.25, 0.3) is 0 Å². The number of aryl methyl sites for hydroxylation is 2. The number of anilines is 2. The van der Waals surface area contributed by atoms with E-state index >= 15 is 0 Å². The number of amides is 2. The van der Waals surface area contributed by atoms with Crippen molar-refractivity contribution in [2.75, 3.05) is 23.7 Å². The standard InChI is InChI=1S/C29H33N5O2/c1-3-33-18-7-8-24(33)17-19-34-21(2)30-27-20-23(13-16-28(27)34)32-29(35)31-22-11-14-26(15-12-22)36-25-9-5-4-6-10-25/h4-6,9-16,20,24H,3,7-8,17-19H2,1-2H3,(H2,31,32,35). The number of fused-ring (bicyclic) bond motifs is 1. The Balaban J connectivity index is 1.19. The number of likely N-dealkylation sites (tertiary alicyclic amines) is 1. The predicted molar refractivity (Wildman–Crippen MR) is 145 cm³/mol. The first-order valence-electron chi connectivity index (χ1n) is 12.7. The van der Waals surface area contributed by atoms with Gasteiger partial charge in [-0.15, -0.1) is 0 Å². The van der Waals surface area contributed by atoms with E-state index in [1.54, 1.807) is 0 Å². The molecule has 7 heteroatoms. The third-order valence-corrected chi connectivity index (χ3v) is 6.88. The molecule has 1 fully saturated rings. The van der Waals surface area contributed by atoms with E-state index < -0.39 is 0 Å². The Morgan fingerprint density at radius 2 is 1.72 bits per heavy atom. The molecule has 5 rings (SSSR count). The van der Waals surface area contributed by atoms with Gasteiger partial charge in [-0.3, -0.25) is 0 Å². The van der Waals surface area contributed by atoms with Gasteiger partial charge in [0, 0.05) is 24.0 Å². The fourth-order valence-electron chi connectivity index (χ4n) is 5.05. The van der Waals surface area contributed by atoms with E-state index in [4.69, 9.17) is 9.72 Å². The van der Waals surface area contributed by atoms with Gasteiger partial charge in [0.1, 0.15) is 17.3 Å². The fraction of sp³-hybridized carbons (Fsp3) is 0.310. The summed E-state index contributed by atoms with van der Waals surface area (Å²) in [4.78, 5) is 19.9. The lowest BCUT2D eigenvalue weighted by Crippen LogP contribution is -2.30. The number of nitrogens with zero attached hydrogens (tertiary/aromatic N) is 3. The van der Waals surface area contributed by atoms with Crippen molar-refractivity contribution < 1.29 is 9.53 Å². The SMILES string of the molecule is CCN1CCCC1CCn1c(C)nc2cc(NC(=O)Nc3ccc(Oc4ccccc4)cc3)ccc21. The maximum Gasteiger partial charge on any atom is 0.323 e.